The quantitative estimate of drug-likeness (QED) is 0.457. The number of hydrogen-bond acceptors (Lipinski definition) is 7. The van der Waals surface area contributed by atoms with E-state index in [1.165, 1.54) is 16.2 Å². The van der Waals surface area contributed by atoms with E-state index in [2.05, 4.69) is 5.32 Å². The van der Waals surface area contributed by atoms with Gasteiger partial charge in [0, 0.05) is 37.2 Å². The van der Waals surface area contributed by atoms with Crippen LogP contribution in [-0.4, -0.2) is 55.1 Å². The molecule has 1 aromatic carbocycles. The monoisotopic (exact) mass is 533 g/mol. The Bertz CT molecular complexity index is 1270. The van der Waals surface area contributed by atoms with Crippen molar-refractivity contribution in [3.63, 3.8) is 0 Å². The normalized spacial score (nSPS) is 14.8. The fourth-order valence-corrected chi connectivity index (χ4v) is 4.77. The molecule has 3 aromatic rings. The second kappa shape index (κ2) is 12.7. The van der Waals surface area contributed by atoms with Gasteiger partial charge >= 0.3 is 6.09 Å². The average Bonchev–Trinajstić information content (AvgIpc) is 3.49. The molecule has 1 unspecified atom stereocenters. The summed E-state index contributed by atoms with van der Waals surface area (Å²) < 4.78 is 12.9. The Balaban J connectivity index is 0.00000176. The van der Waals surface area contributed by atoms with Gasteiger partial charge in [-0.25, -0.2) is 4.79 Å². The van der Waals surface area contributed by atoms with Gasteiger partial charge in [0.25, 0.3) is 11.5 Å². The van der Waals surface area contributed by atoms with Gasteiger partial charge in [0.05, 0.1) is 34.6 Å². The first kappa shape index (κ1) is 27.4. The van der Waals surface area contributed by atoms with E-state index in [-0.39, 0.29) is 31.2 Å². The molecule has 1 atom stereocenters. The van der Waals surface area contributed by atoms with E-state index in [4.69, 9.17) is 26.2 Å². The molecule has 36 heavy (non-hydrogen) atoms. The van der Waals surface area contributed by atoms with Crippen LogP contribution in [0.15, 0.2) is 53.5 Å². The molecule has 3 heterocycles. The van der Waals surface area contributed by atoms with E-state index in [1.54, 1.807) is 42.1 Å². The maximum atomic E-state index is 12.8. The fourth-order valence-electron chi connectivity index (χ4n) is 3.81. The molecule has 0 radical (unpaired) electrons. The summed E-state index contributed by atoms with van der Waals surface area (Å²) in [6.45, 7) is 2.66. The SMILES string of the molecule is CCc1cccn(-c2ccc(N3CC(CNC(=O)c4ccc(Cl)s4)OC3=O)cc2COC)c1=O.CO. The minimum Gasteiger partial charge on any atom is -0.442 e. The predicted octanol–water partition coefficient (Wildman–Crippen LogP) is 3.62. The van der Waals surface area contributed by atoms with Crippen molar-refractivity contribution in [3.05, 3.63) is 79.4 Å². The number of hydrogen-bond donors (Lipinski definition) is 2. The second-order valence-electron chi connectivity index (χ2n) is 7.74. The number of aromatic nitrogens is 1. The summed E-state index contributed by atoms with van der Waals surface area (Å²) in [5.74, 6) is -0.266. The molecule has 0 aliphatic carbocycles. The van der Waals surface area contributed by atoms with Crippen LogP contribution in [0.1, 0.15) is 27.7 Å². The number of nitrogens with zero attached hydrogens (tertiary/aromatic N) is 2. The maximum Gasteiger partial charge on any atom is 0.414 e. The zero-order valence-corrected chi connectivity index (χ0v) is 21.8. The van der Waals surface area contributed by atoms with Crippen molar-refractivity contribution in [3.8, 4) is 5.69 Å². The number of thiophene rings is 1. The Morgan fingerprint density at radius 2 is 2.00 bits per heavy atom. The topological polar surface area (TPSA) is 110 Å². The van der Waals surface area contributed by atoms with Crippen LogP contribution in [0.25, 0.3) is 5.69 Å². The van der Waals surface area contributed by atoms with Crippen molar-refractivity contribution in [2.45, 2.75) is 26.1 Å². The van der Waals surface area contributed by atoms with Crippen LogP contribution in [0.3, 0.4) is 0 Å². The van der Waals surface area contributed by atoms with Gasteiger partial charge in [-0.15, -0.1) is 11.3 Å². The second-order valence-corrected chi connectivity index (χ2v) is 9.45. The number of cyclic esters (lactones) is 1. The fraction of sp³-hybridized carbons (Fsp3) is 0.320. The van der Waals surface area contributed by atoms with Crippen molar-refractivity contribution in [1.29, 1.82) is 0 Å². The first-order valence-corrected chi connectivity index (χ1v) is 12.4. The molecule has 0 bridgehead atoms. The summed E-state index contributed by atoms with van der Waals surface area (Å²) >= 11 is 7.07. The van der Waals surface area contributed by atoms with Crippen LogP contribution >= 0.6 is 22.9 Å². The molecule has 1 aliphatic rings. The molecule has 0 spiro atoms. The number of benzene rings is 1. The van der Waals surface area contributed by atoms with Crippen LogP contribution in [0.5, 0.6) is 0 Å². The van der Waals surface area contributed by atoms with E-state index >= 15 is 0 Å². The number of aryl methyl sites for hydroxylation is 1. The third-order valence-corrected chi connectivity index (χ3v) is 6.73. The molecule has 2 amide bonds. The molecule has 9 nitrogen and oxygen atoms in total. The van der Waals surface area contributed by atoms with Gasteiger partial charge in [0.15, 0.2) is 0 Å². The highest BCUT2D eigenvalue weighted by Crippen LogP contribution is 2.27. The zero-order chi connectivity index (χ0) is 26.2. The summed E-state index contributed by atoms with van der Waals surface area (Å²) in [4.78, 5) is 39.6. The summed E-state index contributed by atoms with van der Waals surface area (Å²) in [5.41, 5.74) is 2.71. The van der Waals surface area contributed by atoms with Crippen LogP contribution in [0.4, 0.5) is 10.5 Å². The molecular formula is C25H28ClN3O6S. The van der Waals surface area contributed by atoms with Gasteiger partial charge in [0.1, 0.15) is 6.10 Å². The first-order valence-electron chi connectivity index (χ1n) is 11.2. The third kappa shape index (κ3) is 6.14. The molecule has 1 saturated heterocycles. The number of aliphatic hydroxyl groups is 1. The Morgan fingerprint density at radius 3 is 2.67 bits per heavy atom. The predicted molar refractivity (Wildman–Crippen MR) is 140 cm³/mol. The number of anilines is 1. The highest BCUT2D eigenvalue weighted by atomic mass is 35.5. The summed E-state index contributed by atoms with van der Waals surface area (Å²) in [6, 6.07) is 12.4. The van der Waals surface area contributed by atoms with Gasteiger partial charge < -0.3 is 19.9 Å². The third-order valence-electron chi connectivity index (χ3n) is 5.50. The number of carbonyl (C=O) groups is 2. The zero-order valence-electron chi connectivity index (χ0n) is 20.2. The highest BCUT2D eigenvalue weighted by Gasteiger charge is 2.33. The van der Waals surface area contributed by atoms with Crippen LogP contribution in [0.2, 0.25) is 4.34 Å². The standard InChI is InChI=1S/C24H24ClN3O5S.CH4O/c1-3-15-5-4-10-27(23(15)30)19-7-6-17(11-16(19)14-32-2)28-13-18(33-24(28)31)12-26-22(29)20-8-9-21(25)34-20;1-2/h4-11,18H,3,12-14H2,1-2H3,(H,26,29);2H,1H3. The molecule has 1 fully saturated rings. The van der Waals surface area contributed by atoms with E-state index < -0.39 is 12.2 Å². The molecule has 0 saturated carbocycles. The number of pyridine rings is 1. The van der Waals surface area contributed by atoms with Crippen molar-refractivity contribution < 1.29 is 24.2 Å². The lowest BCUT2D eigenvalue weighted by Crippen LogP contribution is -2.34. The van der Waals surface area contributed by atoms with Gasteiger partial charge in [-0.1, -0.05) is 24.6 Å². The Kier molecular flexibility index (Phi) is 9.65. The first-order chi connectivity index (χ1) is 17.4. The van der Waals surface area contributed by atoms with Crippen LogP contribution in [0, 0.1) is 0 Å². The van der Waals surface area contributed by atoms with E-state index in [1.807, 2.05) is 25.1 Å². The summed E-state index contributed by atoms with van der Waals surface area (Å²) in [5, 5.41) is 9.78. The Morgan fingerprint density at radius 1 is 1.22 bits per heavy atom. The van der Waals surface area contributed by atoms with Gasteiger partial charge in [-0.2, -0.15) is 0 Å². The van der Waals surface area contributed by atoms with Crippen molar-refractivity contribution in [2.24, 2.45) is 0 Å². The average molecular weight is 534 g/mol. The lowest BCUT2D eigenvalue weighted by atomic mass is 10.1. The summed E-state index contributed by atoms with van der Waals surface area (Å²) in [7, 11) is 2.57. The number of aliphatic hydroxyl groups excluding tert-OH is 1. The Hall–Kier alpha value is -3.18. The van der Waals surface area contributed by atoms with E-state index in [9.17, 15) is 14.4 Å². The number of nitrogens with one attached hydrogen (secondary N) is 1. The highest BCUT2D eigenvalue weighted by molar-refractivity contribution is 7.18. The van der Waals surface area contributed by atoms with Crippen molar-refractivity contribution >= 4 is 40.6 Å². The van der Waals surface area contributed by atoms with Gasteiger partial charge in [-0.3, -0.25) is 19.1 Å². The van der Waals surface area contributed by atoms with E-state index in [0.29, 0.717) is 32.6 Å². The minimum absolute atomic E-state index is 0.0847. The number of carbonyl (C=O) groups excluding carboxylic acids is 2. The molecule has 11 heteroatoms. The lowest BCUT2D eigenvalue weighted by molar-refractivity contribution is 0.0920. The Labute approximate surface area is 217 Å². The smallest absolute Gasteiger partial charge is 0.414 e. The molecule has 4 rings (SSSR count). The van der Waals surface area contributed by atoms with E-state index in [0.717, 1.165) is 12.7 Å². The minimum atomic E-state index is -0.500. The number of methoxy groups -OCH3 is 1. The summed E-state index contributed by atoms with van der Waals surface area (Å²) in [6.07, 6.45) is 1.36. The number of halogens is 1. The lowest BCUT2D eigenvalue weighted by Gasteiger charge is -2.18. The molecule has 2 aromatic heterocycles. The molecule has 1 aliphatic heterocycles. The molecule has 192 valence electrons. The number of ether oxygens (including phenoxy) is 2. The number of amides is 2. The largest absolute Gasteiger partial charge is 0.442 e. The van der Waals surface area contributed by atoms with Crippen LogP contribution < -0.4 is 15.8 Å². The molecule has 2 N–H and O–H groups in total. The maximum absolute atomic E-state index is 12.8. The molecular weight excluding hydrogens is 506 g/mol. The van der Waals surface area contributed by atoms with Crippen molar-refractivity contribution in [2.75, 3.05) is 32.2 Å². The number of rotatable bonds is 8. The van der Waals surface area contributed by atoms with Crippen LogP contribution in [-0.2, 0) is 22.5 Å². The van der Waals surface area contributed by atoms with Gasteiger partial charge in [-0.05, 0) is 42.8 Å². The van der Waals surface area contributed by atoms with Crippen molar-refractivity contribution in [1.82, 2.24) is 9.88 Å². The van der Waals surface area contributed by atoms with Gasteiger partial charge in [0.2, 0.25) is 0 Å².